The summed E-state index contributed by atoms with van der Waals surface area (Å²) >= 11 is 0.966. The van der Waals surface area contributed by atoms with Crippen LogP contribution in [-0.4, -0.2) is 34.7 Å². The molecule has 1 aromatic carbocycles. The van der Waals surface area contributed by atoms with Crippen LogP contribution in [0.4, 0.5) is 0 Å². The van der Waals surface area contributed by atoms with Crippen LogP contribution in [-0.2, 0) is 6.54 Å². The molecule has 166 valence electrons. The minimum atomic E-state index is -0.699. The lowest BCUT2D eigenvalue weighted by Gasteiger charge is -2.09. The summed E-state index contributed by atoms with van der Waals surface area (Å²) in [6.45, 7) is 0.245. The number of aromatic amines is 1. The average Bonchev–Trinajstić information content (AvgIpc) is 3.27. The van der Waals surface area contributed by atoms with Gasteiger partial charge in [-0.2, -0.15) is 10.2 Å². The second-order valence-corrected chi connectivity index (χ2v) is 7.85. The lowest BCUT2D eigenvalue weighted by Crippen LogP contribution is -2.33. The normalized spacial score (nSPS) is 10.6. The number of H-pyrrole nitrogens is 1. The fourth-order valence-electron chi connectivity index (χ4n) is 3.14. The number of benzene rings is 1. The SMILES string of the molecule is COc1ccc(-n2c(=O)[nH]c3cc(C(=O)NCc4ccc(C#N)cc4)sc3c2=O)nc1OC. The standard InChI is InChI=1S/C22H17N5O5S/c1-31-15-7-8-17(26-20(15)32-2)27-21(29)18-14(25-22(27)30)9-16(33-18)19(28)24-11-13-5-3-12(10-23)4-6-13/h3-9H,11H2,1-2H3,(H,24,28)(H,25,30). The van der Waals surface area contributed by atoms with Gasteiger partial charge >= 0.3 is 5.69 Å². The van der Waals surface area contributed by atoms with Crippen LogP contribution in [0.25, 0.3) is 16.0 Å². The zero-order chi connectivity index (χ0) is 23.5. The van der Waals surface area contributed by atoms with Gasteiger partial charge in [-0.05, 0) is 35.9 Å². The summed E-state index contributed by atoms with van der Waals surface area (Å²) in [6, 6.07) is 13.3. The van der Waals surface area contributed by atoms with Gasteiger partial charge in [-0.15, -0.1) is 11.3 Å². The second-order valence-electron chi connectivity index (χ2n) is 6.80. The highest BCUT2D eigenvalue weighted by Crippen LogP contribution is 2.25. The minimum Gasteiger partial charge on any atom is -0.491 e. The third-order valence-electron chi connectivity index (χ3n) is 4.79. The van der Waals surface area contributed by atoms with E-state index in [9.17, 15) is 14.4 Å². The number of amides is 1. The van der Waals surface area contributed by atoms with Gasteiger partial charge < -0.3 is 19.8 Å². The van der Waals surface area contributed by atoms with Crippen LogP contribution in [0.3, 0.4) is 0 Å². The van der Waals surface area contributed by atoms with Gasteiger partial charge in [0.15, 0.2) is 5.75 Å². The highest BCUT2D eigenvalue weighted by molar-refractivity contribution is 7.20. The molecule has 0 bridgehead atoms. The Morgan fingerprint density at radius 3 is 2.61 bits per heavy atom. The third-order valence-corrected chi connectivity index (χ3v) is 5.91. The number of fused-ring (bicyclic) bond motifs is 1. The Morgan fingerprint density at radius 2 is 1.94 bits per heavy atom. The largest absolute Gasteiger partial charge is 0.491 e. The molecule has 3 aromatic heterocycles. The lowest BCUT2D eigenvalue weighted by atomic mass is 10.1. The van der Waals surface area contributed by atoms with E-state index in [0.717, 1.165) is 21.5 Å². The molecular weight excluding hydrogens is 446 g/mol. The fourth-order valence-corrected chi connectivity index (χ4v) is 4.10. The summed E-state index contributed by atoms with van der Waals surface area (Å²) in [5.74, 6) is 0.136. The molecule has 0 unspecified atom stereocenters. The molecule has 0 atom stereocenters. The van der Waals surface area contributed by atoms with Crippen molar-refractivity contribution in [3.05, 3.63) is 79.3 Å². The van der Waals surface area contributed by atoms with Crippen LogP contribution in [0.5, 0.6) is 11.6 Å². The first kappa shape index (κ1) is 21.8. The van der Waals surface area contributed by atoms with Crippen LogP contribution >= 0.6 is 11.3 Å². The smallest absolute Gasteiger partial charge is 0.334 e. The maximum atomic E-state index is 13.1. The van der Waals surface area contributed by atoms with Crippen molar-refractivity contribution in [3.63, 3.8) is 0 Å². The summed E-state index contributed by atoms with van der Waals surface area (Å²) in [7, 11) is 2.84. The molecule has 0 fully saturated rings. The number of aromatic nitrogens is 3. The van der Waals surface area contributed by atoms with E-state index in [1.54, 1.807) is 24.3 Å². The van der Waals surface area contributed by atoms with Crippen LogP contribution in [0.15, 0.2) is 52.1 Å². The Bertz CT molecular complexity index is 1510. The van der Waals surface area contributed by atoms with E-state index < -0.39 is 17.2 Å². The molecule has 10 nitrogen and oxygen atoms in total. The van der Waals surface area contributed by atoms with Crippen molar-refractivity contribution in [2.24, 2.45) is 0 Å². The molecule has 11 heteroatoms. The number of rotatable bonds is 6. The number of nitrogens with zero attached hydrogens (tertiary/aromatic N) is 3. The summed E-state index contributed by atoms with van der Waals surface area (Å²) in [4.78, 5) is 45.4. The van der Waals surface area contributed by atoms with Crippen molar-refractivity contribution in [1.82, 2.24) is 19.9 Å². The number of methoxy groups -OCH3 is 2. The highest BCUT2D eigenvalue weighted by Gasteiger charge is 2.18. The molecule has 1 amide bonds. The Hall–Kier alpha value is -4.43. The third kappa shape index (κ3) is 4.19. The number of thiophene rings is 1. The van der Waals surface area contributed by atoms with Crippen molar-refractivity contribution >= 4 is 27.5 Å². The highest BCUT2D eigenvalue weighted by atomic mass is 32.1. The number of hydrogen-bond acceptors (Lipinski definition) is 8. The zero-order valence-electron chi connectivity index (χ0n) is 17.5. The summed E-state index contributed by atoms with van der Waals surface area (Å²) in [6.07, 6.45) is 0. The van der Waals surface area contributed by atoms with E-state index in [-0.39, 0.29) is 33.3 Å². The molecule has 4 rings (SSSR count). The van der Waals surface area contributed by atoms with E-state index >= 15 is 0 Å². The molecule has 33 heavy (non-hydrogen) atoms. The first-order valence-corrected chi connectivity index (χ1v) is 10.4. The molecule has 0 aliphatic carbocycles. The molecule has 0 spiro atoms. The van der Waals surface area contributed by atoms with Crippen molar-refractivity contribution in [1.29, 1.82) is 5.26 Å². The molecule has 2 N–H and O–H groups in total. The Morgan fingerprint density at radius 1 is 1.18 bits per heavy atom. The van der Waals surface area contributed by atoms with E-state index in [1.165, 1.54) is 32.4 Å². The summed E-state index contributed by atoms with van der Waals surface area (Å²) in [5.41, 5.74) is 0.298. The van der Waals surface area contributed by atoms with Gasteiger partial charge in [-0.25, -0.2) is 9.36 Å². The first-order chi connectivity index (χ1) is 15.9. The van der Waals surface area contributed by atoms with Crippen LogP contribution in [0.2, 0.25) is 0 Å². The molecule has 0 aliphatic heterocycles. The van der Waals surface area contributed by atoms with Gasteiger partial charge in [-0.1, -0.05) is 12.1 Å². The Labute approximate surface area is 190 Å². The molecular formula is C22H17N5O5S. The monoisotopic (exact) mass is 463 g/mol. The number of pyridine rings is 1. The quantitative estimate of drug-likeness (QED) is 0.445. The van der Waals surface area contributed by atoms with Crippen molar-refractivity contribution in [2.75, 3.05) is 14.2 Å². The topological polar surface area (TPSA) is 139 Å². The number of carbonyl (C=O) groups is 1. The number of ether oxygens (including phenoxy) is 2. The minimum absolute atomic E-state index is 0.0565. The fraction of sp³-hybridized carbons (Fsp3) is 0.136. The Kier molecular flexibility index (Phi) is 5.93. The maximum absolute atomic E-state index is 13.1. The molecule has 0 aliphatic rings. The van der Waals surface area contributed by atoms with Crippen molar-refractivity contribution in [2.45, 2.75) is 6.54 Å². The number of nitriles is 1. The maximum Gasteiger partial charge on any atom is 0.334 e. The lowest BCUT2D eigenvalue weighted by molar-refractivity contribution is 0.0955. The van der Waals surface area contributed by atoms with Gasteiger partial charge in [0.25, 0.3) is 17.3 Å². The van der Waals surface area contributed by atoms with Crippen LogP contribution < -0.4 is 26.0 Å². The predicted octanol–water partition coefficient (Wildman–Crippen LogP) is 1.95. The van der Waals surface area contributed by atoms with E-state index in [2.05, 4.69) is 15.3 Å². The van der Waals surface area contributed by atoms with Crippen molar-refractivity contribution < 1.29 is 14.3 Å². The Balaban J connectivity index is 1.65. The zero-order valence-corrected chi connectivity index (χ0v) is 18.4. The number of hydrogen-bond donors (Lipinski definition) is 2. The van der Waals surface area contributed by atoms with Gasteiger partial charge in [0.1, 0.15) is 10.5 Å². The van der Waals surface area contributed by atoms with Crippen molar-refractivity contribution in [3.8, 4) is 23.5 Å². The number of carbonyl (C=O) groups excluding carboxylic acids is 1. The van der Waals surface area contributed by atoms with Gasteiger partial charge in [0.05, 0.1) is 36.2 Å². The average molecular weight is 463 g/mol. The first-order valence-electron chi connectivity index (χ1n) is 9.60. The molecule has 0 saturated heterocycles. The number of nitrogens with one attached hydrogen (secondary N) is 2. The van der Waals surface area contributed by atoms with Crippen LogP contribution in [0, 0.1) is 11.3 Å². The second kappa shape index (κ2) is 8.97. The van der Waals surface area contributed by atoms with E-state index in [4.69, 9.17) is 14.7 Å². The molecule has 3 heterocycles. The van der Waals surface area contributed by atoms with E-state index in [1.807, 2.05) is 6.07 Å². The molecule has 0 radical (unpaired) electrons. The molecule has 0 saturated carbocycles. The predicted molar refractivity (Wildman–Crippen MR) is 121 cm³/mol. The molecule has 4 aromatic rings. The van der Waals surface area contributed by atoms with Gasteiger partial charge in [0.2, 0.25) is 0 Å². The summed E-state index contributed by atoms with van der Waals surface area (Å²) in [5, 5.41) is 11.6. The van der Waals surface area contributed by atoms with Crippen LogP contribution in [0.1, 0.15) is 20.8 Å². The summed E-state index contributed by atoms with van der Waals surface area (Å²) < 4.78 is 11.4. The van der Waals surface area contributed by atoms with Gasteiger partial charge in [0, 0.05) is 6.54 Å². The van der Waals surface area contributed by atoms with Gasteiger partial charge in [-0.3, -0.25) is 9.59 Å². The van der Waals surface area contributed by atoms with E-state index in [0.29, 0.717) is 11.3 Å².